The van der Waals surface area contributed by atoms with Crippen molar-refractivity contribution in [1.82, 2.24) is 0 Å². The van der Waals surface area contributed by atoms with Crippen molar-refractivity contribution in [3.63, 3.8) is 0 Å². The van der Waals surface area contributed by atoms with Gasteiger partial charge in [0.15, 0.2) is 0 Å². The third kappa shape index (κ3) is 4.35. The number of benzene rings is 3. The van der Waals surface area contributed by atoms with Crippen molar-refractivity contribution in [1.29, 1.82) is 10.5 Å². The Morgan fingerprint density at radius 2 is 0.885 bits per heavy atom. The predicted molar refractivity (Wildman–Crippen MR) is 107 cm³/mol. The summed E-state index contributed by atoms with van der Waals surface area (Å²) in [5.41, 5.74) is 5.65. The maximum absolute atomic E-state index is 8.86. The molecule has 0 aromatic heterocycles. The first-order valence-corrected chi connectivity index (χ1v) is 8.24. The summed E-state index contributed by atoms with van der Waals surface area (Å²) in [7, 11) is 0. The van der Waals surface area contributed by atoms with Gasteiger partial charge in [0.25, 0.3) is 0 Å². The van der Waals surface area contributed by atoms with Crippen LogP contribution in [0.1, 0.15) is 33.4 Å². The van der Waals surface area contributed by atoms with E-state index in [4.69, 9.17) is 10.5 Å². The van der Waals surface area contributed by atoms with Gasteiger partial charge in [-0.1, -0.05) is 72.8 Å². The molecule has 0 unspecified atom stereocenters. The van der Waals surface area contributed by atoms with Crippen LogP contribution >= 0.6 is 0 Å². The lowest BCUT2D eigenvalue weighted by molar-refractivity contribution is 1.48. The van der Waals surface area contributed by atoms with Crippen LogP contribution in [0.3, 0.4) is 0 Å². The summed E-state index contributed by atoms with van der Waals surface area (Å²) in [6.45, 7) is 0. The van der Waals surface area contributed by atoms with E-state index < -0.39 is 0 Å². The van der Waals surface area contributed by atoms with E-state index in [1.54, 1.807) is 0 Å². The summed E-state index contributed by atoms with van der Waals surface area (Å²) < 4.78 is 0. The minimum atomic E-state index is 0.660. The van der Waals surface area contributed by atoms with E-state index in [-0.39, 0.29) is 0 Å². The van der Waals surface area contributed by atoms with Crippen molar-refractivity contribution in [2.24, 2.45) is 0 Å². The Morgan fingerprint density at radius 3 is 1.23 bits per heavy atom. The van der Waals surface area contributed by atoms with E-state index in [1.807, 2.05) is 72.8 Å². The van der Waals surface area contributed by atoms with E-state index in [0.717, 1.165) is 22.3 Å². The molecule has 0 radical (unpaired) electrons. The van der Waals surface area contributed by atoms with Crippen LogP contribution in [0, 0.1) is 22.7 Å². The monoisotopic (exact) mass is 332 g/mol. The number of rotatable bonds is 4. The molecular weight excluding hydrogens is 316 g/mol. The van der Waals surface area contributed by atoms with Crippen molar-refractivity contribution >= 4 is 24.3 Å². The van der Waals surface area contributed by atoms with Gasteiger partial charge in [-0.25, -0.2) is 0 Å². The summed E-state index contributed by atoms with van der Waals surface area (Å²) >= 11 is 0. The zero-order valence-corrected chi connectivity index (χ0v) is 14.1. The van der Waals surface area contributed by atoms with Gasteiger partial charge in [0.2, 0.25) is 0 Å². The minimum Gasteiger partial charge on any atom is -0.192 e. The van der Waals surface area contributed by atoms with Crippen LogP contribution < -0.4 is 0 Å². The Bertz CT molecular complexity index is 939. The molecule has 0 saturated carbocycles. The standard InChI is InChI=1S/C24H16N2/c25-17-21-9-5-19(6-10-21)13-15-23-3-1-2-4-24(23)16-14-20-7-11-22(18-26)12-8-20/h1-16H/b15-13+,16-14?. The number of nitrogens with zero attached hydrogens (tertiary/aromatic N) is 2. The summed E-state index contributed by atoms with van der Waals surface area (Å²) in [5.74, 6) is 0. The lowest BCUT2D eigenvalue weighted by Crippen LogP contribution is -1.81. The van der Waals surface area contributed by atoms with Gasteiger partial charge >= 0.3 is 0 Å². The fraction of sp³-hybridized carbons (Fsp3) is 0. The molecule has 0 aliphatic carbocycles. The van der Waals surface area contributed by atoms with Crippen LogP contribution in [0.15, 0.2) is 72.8 Å². The van der Waals surface area contributed by atoms with E-state index in [0.29, 0.717) is 11.1 Å². The van der Waals surface area contributed by atoms with E-state index >= 15 is 0 Å². The highest BCUT2D eigenvalue weighted by atomic mass is 14.2. The predicted octanol–water partition coefficient (Wildman–Crippen LogP) is 5.77. The molecule has 0 N–H and O–H groups in total. The zero-order valence-electron chi connectivity index (χ0n) is 14.1. The topological polar surface area (TPSA) is 47.6 Å². The van der Waals surface area contributed by atoms with Crippen LogP contribution in [0.5, 0.6) is 0 Å². The number of hydrogen-bond donors (Lipinski definition) is 0. The molecular formula is C24H16N2. The van der Waals surface area contributed by atoms with Gasteiger partial charge in [0.1, 0.15) is 0 Å². The number of hydrogen-bond acceptors (Lipinski definition) is 2. The smallest absolute Gasteiger partial charge is 0.0991 e. The third-order valence-corrected chi connectivity index (χ3v) is 3.99. The van der Waals surface area contributed by atoms with Crippen LogP contribution in [-0.4, -0.2) is 0 Å². The van der Waals surface area contributed by atoms with E-state index in [1.165, 1.54) is 0 Å². The average Bonchev–Trinajstić information content (AvgIpc) is 2.72. The highest BCUT2D eigenvalue weighted by molar-refractivity contribution is 5.79. The minimum absolute atomic E-state index is 0.660. The molecule has 0 bridgehead atoms. The van der Waals surface area contributed by atoms with E-state index in [2.05, 4.69) is 36.4 Å². The SMILES string of the molecule is N#Cc1ccc(C=Cc2ccccc2/C=C/c2ccc(C#N)cc2)cc1. The van der Waals surface area contributed by atoms with E-state index in [9.17, 15) is 0 Å². The molecule has 2 nitrogen and oxygen atoms in total. The second kappa shape index (κ2) is 8.29. The van der Waals surface area contributed by atoms with Crippen molar-refractivity contribution in [2.75, 3.05) is 0 Å². The largest absolute Gasteiger partial charge is 0.192 e. The number of nitriles is 2. The first-order valence-electron chi connectivity index (χ1n) is 8.24. The summed E-state index contributed by atoms with van der Waals surface area (Å²) in [6.07, 6.45) is 8.21. The lowest BCUT2D eigenvalue weighted by atomic mass is 10.0. The zero-order chi connectivity index (χ0) is 18.2. The molecule has 0 amide bonds. The molecule has 0 aliphatic heterocycles. The molecule has 0 fully saturated rings. The maximum Gasteiger partial charge on any atom is 0.0991 e. The van der Waals surface area contributed by atoms with Crippen LogP contribution in [-0.2, 0) is 0 Å². The molecule has 3 aromatic rings. The molecule has 0 heterocycles. The van der Waals surface area contributed by atoms with Crippen LogP contribution in [0.25, 0.3) is 24.3 Å². The molecule has 3 aromatic carbocycles. The highest BCUT2D eigenvalue weighted by Gasteiger charge is 1.96. The molecule has 0 spiro atoms. The van der Waals surface area contributed by atoms with Crippen molar-refractivity contribution in [3.8, 4) is 12.1 Å². The quantitative estimate of drug-likeness (QED) is 0.569. The normalized spacial score (nSPS) is 10.7. The van der Waals surface area contributed by atoms with Crippen LogP contribution in [0.2, 0.25) is 0 Å². The Balaban J connectivity index is 1.81. The second-order valence-electron chi connectivity index (χ2n) is 5.76. The van der Waals surface area contributed by atoms with Crippen molar-refractivity contribution in [3.05, 3.63) is 106 Å². The summed E-state index contributed by atoms with van der Waals surface area (Å²) in [4.78, 5) is 0. The Kier molecular flexibility index (Phi) is 5.41. The van der Waals surface area contributed by atoms with Crippen molar-refractivity contribution in [2.45, 2.75) is 0 Å². The Morgan fingerprint density at radius 1 is 0.500 bits per heavy atom. The van der Waals surface area contributed by atoms with Gasteiger partial charge in [-0.05, 0) is 46.5 Å². The first-order chi connectivity index (χ1) is 12.8. The maximum atomic E-state index is 8.86. The molecule has 3 rings (SSSR count). The van der Waals surface area contributed by atoms with Gasteiger partial charge in [-0.2, -0.15) is 10.5 Å². The average molecular weight is 332 g/mol. The molecule has 0 aliphatic rings. The summed E-state index contributed by atoms with van der Waals surface area (Å²) in [5, 5.41) is 17.7. The van der Waals surface area contributed by atoms with Gasteiger partial charge in [0, 0.05) is 0 Å². The van der Waals surface area contributed by atoms with Gasteiger partial charge in [-0.3, -0.25) is 0 Å². The Labute approximate surface area is 153 Å². The van der Waals surface area contributed by atoms with Crippen LogP contribution in [0.4, 0.5) is 0 Å². The fourth-order valence-corrected chi connectivity index (χ4v) is 2.52. The Hall–Kier alpha value is -3.88. The fourth-order valence-electron chi connectivity index (χ4n) is 2.52. The third-order valence-electron chi connectivity index (χ3n) is 3.99. The molecule has 0 atom stereocenters. The highest BCUT2D eigenvalue weighted by Crippen LogP contribution is 2.17. The summed E-state index contributed by atoms with van der Waals surface area (Å²) in [6, 6.07) is 27.4. The molecule has 26 heavy (non-hydrogen) atoms. The van der Waals surface area contributed by atoms with Crippen molar-refractivity contribution < 1.29 is 0 Å². The molecule has 0 saturated heterocycles. The molecule has 2 heteroatoms. The second-order valence-corrected chi connectivity index (χ2v) is 5.76. The lowest BCUT2D eigenvalue weighted by Gasteiger charge is -2.01. The van der Waals surface area contributed by atoms with Gasteiger partial charge in [-0.15, -0.1) is 0 Å². The first kappa shape index (κ1) is 17.0. The van der Waals surface area contributed by atoms with Gasteiger partial charge in [0.05, 0.1) is 23.3 Å². The van der Waals surface area contributed by atoms with Gasteiger partial charge < -0.3 is 0 Å². The molecule has 122 valence electrons.